The lowest BCUT2D eigenvalue weighted by molar-refractivity contribution is -0.0176. The number of aromatic hydroxyl groups is 1. The molecule has 2 nitrogen and oxygen atoms in total. The average molecular weight is 316 g/mol. The molecule has 23 heavy (non-hydrogen) atoms. The Morgan fingerprint density at radius 1 is 1.35 bits per heavy atom. The maximum atomic E-state index is 15.3. The van der Waals surface area contributed by atoms with E-state index in [0.717, 1.165) is 30.4 Å². The Morgan fingerprint density at radius 3 is 2.87 bits per heavy atom. The SMILES string of the molecule is C=CC12CC[C@]3(C)CC(O)C[C@H]3[C@@H]1C(F)Cc1cc(O)ccc12. The lowest BCUT2D eigenvalue weighted by atomic mass is 9.48. The Kier molecular flexibility index (Phi) is 3.19. The molecule has 2 N–H and O–H groups in total. The van der Waals surface area contributed by atoms with Crippen molar-refractivity contribution >= 4 is 0 Å². The van der Waals surface area contributed by atoms with E-state index in [0.29, 0.717) is 12.8 Å². The van der Waals surface area contributed by atoms with Crippen LogP contribution in [0, 0.1) is 17.3 Å². The van der Waals surface area contributed by atoms with Crippen LogP contribution >= 0.6 is 0 Å². The van der Waals surface area contributed by atoms with Crippen LogP contribution in [-0.4, -0.2) is 22.5 Å². The van der Waals surface area contributed by atoms with Crippen LogP contribution in [0.2, 0.25) is 0 Å². The van der Waals surface area contributed by atoms with Gasteiger partial charge >= 0.3 is 0 Å². The second-order valence-electron chi connectivity index (χ2n) is 8.19. The zero-order valence-electron chi connectivity index (χ0n) is 13.6. The molecule has 0 radical (unpaired) electrons. The minimum absolute atomic E-state index is 0.0371. The lowest BCUT2D eigenvalue weighted by Crippen LogP contribution is -2.54. The first-order valence-corrected chi connectivity index (χ1v) is 8.68. The molecule has 0 bridgehead atoms. The van der Waals surface area contributed by atoms with Gasteiger partial charge in [0.1, 0.15) is 11.9 Å². The summed E-state index contributed by atoms with van der Waals surface area (Å²) in [4.78, 5) is 0. The Bertz CT molecular complexity index is 657. The predicted molar refractivity (Wildman–Crippen MR) is 88.1 cm³/mol. The van der Waals surface area contributed by atoms with Crippen LogP contribution in [-0.2, 0) is 11.8 Å². The number of phenolic OH excluding ortho intramolecular Hbond substituents is 1. The van der Waals surface area contributed by atoms with Gasteiger partial charge < -0.3 is 10.2 Å². The van der Waals surface area contributed by atoms with Crippen molar-refractivity contribution in [3.05, 3.63) is 42.0 Å². The van der Waals surface area contributed by atoms with Crippen molar-refractivity contribution in [1.29, 1.82) is 0 Å². The van der Waals surface area contributed by atoms with Crippen LogP contribution in [0.25, 0.3) is 0 Å². The van der Waals surface area contributed by atoms with Gasteiger partial charge in [-0.1, -0.05) is 19.1 Å². The van der Waals surface area contributed by atoms with E-state index in [1.807, 2.05) is 12.1 Å². The summed E-state index contributed by atoms with van der Waals surface area (Å²) in [6, 6.07) is 5.37. The smallest absolute Gasteiger partial charge is 0.115 e. The number of rotatable bonds is 1. The highest BCUT2D eigenvalue weighted by Gasteiger charge is 2.60. The average Bonchev–Trinajstić information content (AvgIpc) is 2.80. The number of allylic oxidation sites excluding steroid dienone is 1. The summed E-state index contributed by atoms with van der Waals surface area (Å²) in [7, 11) is 0. The number of hydrogen-bond acceptors (Lipinski definition) is 2. The topological polar surface area (TPSA) is 40.5 Å². The van der Waals surface area contributed by atoms with Gasteiger partial charge in [-0.3, -0.25) is 0 Å². The van der Waals surface area contributed by atoms with Crippen LogP contribution in [0.1, 0.15) is 43.7 Å². The third kappa shape index (κ3) is 1.95. The van der Waals surface area contributed by atoms with E-state index in [1.54, 1.807) is 12.1 Å². The number of alkyl halides is 1. The first kappa shape index (κ1) is 15.2. The highest BCUT2D eigenvalue weighted by Crippen LogP contribution is 2.64. The molecule has 0 saturated heterocycles. The number of phenols is 1. The van der Waals surface area contributed by atoms with Gasteiger partial charge in [-0.25, -0.2) is 4.39 Å². The first-order chi connectivity index (χ1) is 10.9. The molecular formula is C20H25FO2. The molecule has 4 rings (SSSR count). The lowest BCUT2D eigenvalue weighted by Gasteiger charge is -2.56. The third-order valence-electron chi connectivity index (χ3n) is 7.02. The van der Waals surface area contributed by atoms with Crippen molar-refractivity contribution in [1.82, 2.24) is 0 Å². The van der Waals surface area contributed by atoms with E-state index >= 15 is 4.39 Å². The molecule has 2 fully saturated rings. The highest BCUT2D eigenvalue weighted by atomic mass is 19.1. The van der Waals surface area contributed by atoms with Crippen LogP contribution < -0.4 is 0 Å². The van der Waals surface area contributed by atoms with Crippen LogP contribution in [0.5, 0.6) is 5.75 Å². The molecule has 0 aliphatic heterocycles. The van der Waals surface area contributed by atoms with Gasteiger partial charge in [-0.05, 0) is 60.3 Å². The van der Waals surface area contributed by atoms with Crippen LogP contribution in [0.4, 0.5) is 4.39 Å². The van der Waals surface area contributed by atoms with Crippen molar-refractivity contribution in [3.8, 4) is 5.75 Å². The molecule has 0 heterocycles. The maximum Gasteiger partial charge on any atom is 0.115 e. The zero-order chi connectivity index (χ0) is 16.4. The van der Waals surface area contributed by atoms with Gasteiger partial charge in [-0.15, -0.1) is 6.58 Å². The zero-order valence-corrected chi connectivity index (χ0v) is 13.6. The fraction of sp³-hybridized carbons (Fsp3) is 0.600. The van der Waals surface area contributed by atoms with E-state index in [2.05, 4.69) is 13.5 Å². The van der Waals surface area contributed by atoms with Gasteiger partial charge in [0.2, 0.25) is 0 Å². The van der Waals surface area contributed by atoms with Gasteiger partial charge in [0.15, 0.2) is 0 Å². The normalized spacial score (nSPS) is 45.0. The number of hydrogen-bond donors (Lipinski definition) is 2. The quantitative estimate of drug-likeness (QED) is 0.772. The van der Waals surface area contributed by atoms with Crippen LogP contribution in [0.3, 0.4) is 0 Å². The van der Waals surface area contributed by atoms with Crippen molar-refractivity contribution in [2.24, 2.45) is 17.3 Å². The minimum Gasteiger partial charge on any atom is -0.508 e. The van der Waals surface area contributed by atoms with E-state index in [9.17, 15) is 10.2 Å². The third-order valence-corrected chi connectivity index (χ3v) is 7.02. The molecule has 3 heteroatoms. The Labute approximate surface area is 137 Å². The van der Waals surface area contributed by atoms with E-state index in [1.165, 1.54) is 0 Å². The monoisotopic (exact) mass is 316 g/mol. The summed E-state index contributed by atoms with van der Waals surface area (Å²) in [6.45, 7) is 6.30. The van der Waals surface area contributed by atoms with Gasteiger partial charge in [0.05, 0.1) is 6.10 Å². The summed E-state index contributed by atoms with van der Waals surface area (Å²) in [5.74, 6) is 0.277. The fourth-order valence-corrected chi connectivity index (χ4v) is 6.01. The predicted octanol–water partition coefficient (Wildman–Crippen LogP) is 3.90. The molecule has 3 unspecified atom stereocenters. The molecule has 0 spiro atoms. The van der Waals surface area contributed by atoms with Gasteiger partial charge in [0.25, 0.3) is 0 Å². The minimum atomic E-state index is -0.947. The number of aliphatic hydroxyl groups is 1. The molecule has 124 valence electrons. The van der Waals surface area contributed by atoms with E-state index in [-0.39, 0.29) is 34.5 Å². The summed E-state index contributed by atoms with van der Waals surface area (Å²) in [6.07, 6.45) is 4.40. The standard InChI is InChI=1S/C20H25FO2/c1-3-20-7-6-19(2)11-14(23)10-16(19)18(20)17(21)9-12-8-13(22)4-5-15(12)20/h3-5,8,14,16-18,22-23H,1,6-7,9-11H2,2H3/t14?,16-,17?,18+,19+,20?/m0/s1. The molecule has 0 amide bonds. The van der Waals surface area contributed by atoms with Gasteiger partial charge in [-0.2, -0.15) is 0 Å². The molecule has 3 aliphatic carbocycles. The Balaban J connectivity index is 1.87. The second-order valence-corrected chi connectivity index (χ2v) is 8.19. The molecule has 1 aromatic carbocycles. The van der Waals surface area contributed by atoms with Crippen molar-refractivity contribution in [3.63, 3.8) is 0 Å². The molecule has 6 atom stereocenters. The van der Waals surface area contributed by atoms with E-state index in [4.69, 9.17) is 0 Å². The van der Waals surface area contributed by atoms with Crippen molar-refractivity contribution < 1.29 is 14.6 Å². The molecule has 3 aliphatic rings. The molecule has 1 aromatic rings. The number of fused-ring (bicyclic) bond motifs is 5. The van der Waals surface area contributed by atoms with Crippen molar-refractivity contribution in [2.45, 2.75) is 56.7 Å². The number of benzene rings is 1. The number of halogens is 1. The van der Waals surface area contributed by atoms with Crippen LogP contribution in [0.15, 0.2) is 30.9 Å². The van der Waals surface area contributed by atoms with Crippen molar-refractivity contribution in [2.75, 3.05) is 0 Å². The second kappa shape index (κ2) is 4.83. The van der Waals surface area contributed by atoms with E-state index < -0.39 is 6.17 Å². The summed E-state index contributed by atoms with van der Waals surface area (Å²) >= 11 is 0. The molecule has 0 aromatic heterocycles. The largest absolute Gasteiger partial charge is 0.508 e. The summed E-state index contributed by atoms with van der Waals surface area (Å²) in [5, 5.41) is 20.0. The van der Waals surface area contributed by atoms with Gasteiger partial charge in [0, 0.05) is 17.8 Å². The Morgan fingerprint density at radius 2 is 2.13 bits per heavy atom. The summed E-state index contributed by atoms with van der Waals surface area (Å²) in [5.41, 5.74) is 1.72. The highest BCUT2D eigenvalue weighted by molar-refractivity contribution is 5.47. The maximum absolute atomic E-state index is 15.3. The molecule has 2 saturated carbocycles. The first-order valence-electron chi connectivity index (χ1n) is 8.68. The number of aliphatic hydroxyl groups excluding tert-OH is 1. The fourth-order valence-electron chi connectivity index (χ4n) is 6.01. The molecular weight excluding hydrogens is 291 g/mol. The Hall–Kier alpha value is -1.35. The summed E-state index contributed by atoms with van der Waals surface area (Å²) < 4.78 is 15.3.